The first-order valence-corrected chi connectivity index (χ1v) is 7.36. The summed E-state index contributed by atoms with van der Waals surface area (Å²) in [6, 6.07) is 13.0. The van der Waals surface area contributed by atoms with E-state index in [1.807, 2.05) is 24.3 Å². The second kappa shape index (κ2) is 8.25. The lowest BCUT2D eigenvalue weighted by atomic mass is 10.2. The van der Waals surface area contributed by atoms with E-state index in [9.17, 15) is 0 Å². The largest absolute Gasteiger partial charge is 0.457 e. The number of ether oxygens (including phenoxy) is 2. The third kappa shape index (κ3) is 5.21. The SMILES string of the molecule is COCCNCc1ccccc1Oc1cc(Cl)cc(Cl)c1. The molecular weight excluding hydrogens is 309 g/mol. The number of nitrogens with one attached hydrogen (secondary N) is 1. The normalized spacial score (nSPS) is 10.6. The average Bonchev–Trinajstić information content (AvgIpc) is 2.44. The molecular formula is C16H17Cl2NO2. The highest BCUT2D eigenvalue weighted by molar-refractivity contribution is 6.34. The van der Waals surface area contributed by atoms with Gasteiger partial charge in [0.25, 0.3) is 0 Å². The Hall–Kier alpha value is -1.26. The Morgan fingerprint density at radius 3 is 2.48 bits per heavy atom. The van der Waals surface area contributed by atoms with Crippen LogP contribution in [0.2, 0.25) is 10.0 Å². The van der Waals surface area contributed by atoms with Crippen LogP contribution >= 0.6 is 23.2 Å². The van der Waals surface area contributed by atoms with Crippen LogP contribution in [-0.2, 0) is 11.3 Å². The predicted octanol–water partition coefficient (Wildman–Crippen LogP) is 4.52. The van der Waals surface area contributed by atoms with Crippen molar-refractivity contribution < 1.29 is 9.47 Å². The average molecular weight is 326 g/mol. The highest BCUT2D eigenvalue weighted by Crippen LogP contribution is 2.30. The van der Waals surface area contributed by atoms with Crippen molar-refractivity contribution in [2.24, 2.45) is 0 Å². The molecule has 0 radical (unpaired) electrons. The van der Waals surface area contributed by atoms with Gasteiger partial charge in [-0.1, -0.05) is 41.4 Å². The molecule has 0 aliphatic carbocycles. The lowest BCUT2D eigenvalue weighted by Gasteiger charge is -2.12. The minimum Gasteiger partial charge on any atom is -0.457 e. The molecule has 0 heterocycles. The molecule has 0 spiro atoms. The number of hydrogen-bond acceptors (Lipinski definition) is 3. The molecule has 0 atom stereocenters. The topological polar surface area (TPSA) is 30.5 Å². The highest BCUT2D eigenvalue weighted by Gasteiger charge is 2.06. The van der Waals surface area contributed by atoms with Crippen molar-refractivity contribution in [1.29, 1.82) is 0 Å². The van der Waals surface area contributed by atoms with Gasteiger partial charge < -0.3 is 14.8 Å². The van der Waals surface area contributed by atoms with Crippen molar-refractivity contribution in [3.8, 4) is 11.5 Å². The van der Waals surface area contributed by atoms with Gasteiger partial charge in [-0.15, -0.1) is 0 Å². The first-order chi connectivity index (χ1) is 10.2. The maximum absolute atomic E-state index is 5.98. The number of rotatable bonds is 7. The van der Waals surface area contributed by atoms with E-state index < -0.39 is 0 Å². The van der Waals surface area contributed by atoms with Gasteiger partial charge in [-0.25, -0.2) is 0 Å². The maximum Gasteiger partial charge on any atom is 0.131 e. The molecule has 0 saturated carbocycles. The molecule has 2 aromatic carbocycles. The Kier molecular flexibility index (Phi) is 6.33. The van der Waals surface area contributed by atoms with Crippen LogP contribution in [0.1, 0.15) is 5.56 Å². The molecule has 2 rings (SSSR count). The smallest absolute Gasteiger partial charge is 0.131 e. The Labute approximate surface area is 134 Å². The Balaban J connectivity index is 2.08. The van der Waals surface area contributed by atoms with Crippen LogP contribution in [-0.4, -0.2) is 20.3 Å². The maximum atomic E-state index is 5.98. The molecule has 3 nitrogen and oxygen atoms in total. The van der Waals surface area contributed by atoms with Gasteiger partial charge in [-0.3, -0.25) is 0 Å². The van der Waals surface area contributed by atoms with Crippen molar-refractivity contribution in [2.45, 2.75) is 6.54 Å². The molecule has 5 heteroatoms. The highest BCUT2D eigenvalue weighted by atomic mass is 35.5. The summed E-state index contributed by atoms with van der Waals surface area (Å²) in [5.41, 5.74) is 1.06. The Morgan fingerprint density at radius 1 is 1.05 bits per heavy atom. The van der Waals surface area contributed by atoms with E-state index >= 15 is 0 Å². The fraction of sp³-hybridized carbons (Fsp3) is 0.250. The summed E-state index contributed by atoms with van der Waals surface area (Å²) in [7, 11) is 1.68. The third-order valence-corrected chi connectivity index (χ3v) is 3.27. The quantitative estimate of drug-likeness (QED) is 0.759. The van der Waals surface area contributed by atoms with Gasteiger partial charge in [0.1, 0.15) is 11.5 Å². The van der Waals surface area contributed by atoms with Crippen LogP contribution in [0.5, 0.6) is 11.5 Å². The molecule has 0 unspecified atom stereocenters. The molecule has 0 aliphatic rings. The fourth-order valence-electron chi connectivity index (χ4n) is 1.86. The summed E-state index contributed by atoms with van der Waals surface area (Å²) in [5, 5.41) is 4.39. The van der Waals surface area contributed by atoms with Crippen LogP contribution in [0.15, 0.2) is 42.5 Å². The van der Waals surface area contributed by atoms with E-state index in [0.29, 0.717) is 28.9 Å². The molecule has 2 aromatic rings. The molecule has 112 valence electrons. The summed E-state index contributed by atoms with van der Waals surface area (Å²) in [6.45, 7) is 2.16. The van der Waals surface area contributed by atoms with Gasteiger partial charge in [-0.2, -0.15) is 0 Å². The second-order valence-corrected chi connectivity index (χ2v) is 5.36. The minimum atomic E-state index is 0.549. The van der Waals surface area contributed by atoms with Crippen molar-refractivity contribution in [3.63, 3.8) is 0 Å². The molecule has 0 fully saturated rings. The zero-order valence-corrected chi connectivity index (χ0v) is 13.2. The summed E-state index contributed by atoms with van der Waals surface area (Å²) < 4.78 is 10.9. The van der Waals surface area contributed by atoms with Crippen LogP contribution in [0.25, 0.3) is 0 Å². The monoisotopic (exact) mass is 325 g/mol. The number of para-hydroxylation sites is 1. The number of hydrogen-bond donors (Lipinski definition) is 1. The summed E-state index contributed by atoms with van der Waals surface area (Å²) >= 11 is 12.0. The number of halogens is 2. The summed E-state index contributed by atoms with van der Waals surface area (Å²) in [4.78, 5) is 0. The summed E-state index contributed by atoms with van der Waals surface area (Å²) in [6.07, 6.45) is 0. The Bertz CT molecular complexity index is 570. The number of methoxy groups -OCH3 is 1. The molecule has 21 heavy (non-hydrogen) atoms. The summed E-state index contributed by atoms with van der Waals surface area (Å²) in [5.74, 6) is 1.40. The van der Waals surface area contributed by atoms with Gasteiger partial charge in [0.15, 0.2) is 0 Å². The van der Waals surface area contributed by atoms with Crippen LogP contribution in [0.4, 0.5) is 0 Å². The van der Waals surface area contributed by atoms with Crippen molar-refractivity contribution in [2.75, 3.05) is 20.3 Å². The van der Waals surface area contributed by atoms with Crippen LogP contribution in [0.3, 0.4) is 0 Å². The molecule has 0 aromatic heterocycles. The standard InChI is InChI=1S/C16H17Cl2NO2/c1-20-7-6-19-11-12-4-2-3-5-16(12)21-15-9-13(17)8-14(18)10-15/h2-5,8-10,19H,6-7,11H2,1H3. The van der Waals surface area contributed by atoms with E-state index in [4.69, 9.17) is 32.7 Å². The minimum absolute atomic E-state index is 0.549. The van der Waals surface area contributed by atoms with E-state index in [2.05, 4.69) is 5.32 Å². The molecule has 0 bridgehead atoms. The lowest BCUT2D eigenvalue weighted by molar-refractivity contribution is 0.199. The van der Waals surface area contributed by atoms with E-state index in [1.165, 1.54) is 0 Å². The van der Waals surface area contributed by atoms with Crippen molar-refractivity contribution in [1.82, 2.24) is 5.32 Å². The zero-order valence-electron chi connectivity index (χ0n) is 11.7. The van der Waals surface area contributed by atoms with Crippen molar-refractivity contribution in [3.05, 3.63) is 58.1 Å². The van der Waals surface area contributed by atoms with Crippen LogP contribution in [0, 0.1) is 0 Å². The van der Waals surface area contributed by atoms with Crippen LogP contribution < -0.4 is 10.1 Å². The first kappa shape index (κ1) is 16.1. The predicted molar refractivity (Wildman–Crippen MR) is 86.6 cm³/mol. The second-order valence-electron chi connectivity index (χ2n) is 4.48. The molecule has 0 saturated heterocycles. The first-order valence-electron chi connectivity index (χ1n) is 6.60. The van der Waals surface area contributed by atoms with E-state index in [-0.39, 0.29) is 0 Å². The lowest BCUT2D eigenvalue weighted by Crippen LogP contribution is -2.18. The molecule has 1 N–H and O–H groups in total. The van der Waals surface area contributed by atoms with E-state index in [0.717, 1.165) is 17.9 Å². The number of benzene rings is 2. The van der Waals surface area contributed by atoms with Gasteiger partial charge in [-0.05, 0) is 24.3 Å². The molecule has 0 amide bonds. The van der Waals surface area contributed by atoms with E-state index in [1.54, 1.807) is 25.3 Å². The van der Waals surface area contributed by atoms with Gasteiger partial charge >= 0.3 is 0 Å². The zero-order chi connectivity index (χ0) is 15.1. The van der Waals surface area contributed by atoms with Gasteiger partial charge in [0.05, 0.1) is 6.61 Å². The van der Waals surface area contributed by atoms with Gasteiger partial charge in [0, 0.05) is 35.8 Å². The molecule has 0 aliphatic heterocycles. The van der Waals surface area contributed by atoms with Crippen molar-refractivity contribution >= 4 is 23.2 Å². The fourth-order valence-corrected chi connectivity index (χ4v) is 2.37. The Morgan fingerprint density at radius 2 is 1.76 bits per heavy atom. The third-order valence-electron chi connectivity index (χ3n) is 2.83. The van der Waals surface area contributed by atoms with Gasteiger partial charge in [0.2, 0.25) is 0 Å².